The number of hydrogen-bond donors (Lipinski definition) is 1. The average Bonchev–Trinajstić information content (AvgIpc) is 2.66. The monoisotopic (exact) mass is 361 g/mol. The molecule has 5 atom stereocenters. The quantitative estimate of drug-likeness (QED) is 0.900. The molecule has 3 saturated heterocycles. The number of nitrogens with zero attached hydrogens (tertiary/aromatic N) is 2. The van der Waals surface area contributed by atoms with Crippen LogP contribution in [0, 0.1) is 11.8 Å². The first-order valence-electron chi connectivity index (χ1n) is 9.13. The number of ether oxygens (including phenoxy) is 1. The molecular formula is C20H28ClN3O. The van der Waals surface area contributed by atoms with Gasteiger partial charge in [0.05, 0.1) is 12.6 Å². The molecule has 5 unspecified atom stereocenters. The Morgan fingerprint density at radius 3 is 2.88 bits per heavy atom. The summed E-state index contributed by atoms with van der Waals surface area (Å²) in [4.78, 5) is 7.12. The predicted octanol–water partition coefficient (Wildman–Crippen LogP) is 3.79. The van der Waals surface area contributed by atoms with Gasteiger partial charge in [-0.25, -0.2) is 0 Å². The minimum absolute atomic E-state index is 0. The smallest absolute Gasteiger partial charge is 0.119 e. The Morgan fingerprint density at radius 1 is 1.36 bits per heavy atom. The van der Waals surface area contributed by atoms with E-state index in [4.69, 9.17) is 10.5 Å². The van der Waals surface area contributed by atoms with E-state index in [-0.39, 0.29) is 18.4 Å². The van der Waals surface area contributed by atoms with E-state index in [0.29, 0.717) is 6.04 Å². The van der Waals surface area contributed by atoms with Crippen LogP contribution in [-0.2, 0) is 0 Å². The van der Waals surface area contributed by atoms with E-state index in [2.05, 4.69) is 28.9 Å². The van der Waals surface area contributed by atoms with Crippen LogP contribution in [0.15, 0.2) is 30.5 Å². The molecule has 2 bridgehead atoms. The van der Waals surface area contributed by atoms with Crippen LogP contribution >= 0.6 is 12.4 Å². The molecule has 2 N–H and O–H groups in total. The molecule has 4 nitrogen and oxygen atoms in total. The standard InChI is InChI=1S/C20H27N3O.ClH/c1-3-13-12-23-9-7-14(13)10-19(23)20(21)16-6-8-22-18-5-4-15(24-2)11-17(16)18;/h4-6,8,11,13-14,19-20H,3,7,9-10,12,21H2,1-2H3;1H. The maximum Gasteiger partial charge on any atom is 0.119 e. The molecule has 0 aliphatic carbocycles. The highest BCUT2D eigenvalue weighted by atomic mass is 35.5. The zero-order valence-electron chi connectivity index (χ0n) is 15.0. The molecule has 1 aromatic heterocycles. The van der Waals surface area contributed by atoms with E-state index in [1.807, 2.05) is 18.3 Å². The third kappa shape index (κ3) is 3.23. The number of rotatable bonds is 4. The second-order valence-electron chi connectivity index (χ2n) is 7.32. The number of nitrogens with two attached hydrogens (primary N) is 1. The highest BCUT2D eigenvalue weighted by molar-refractivity contribution is 5.85. The highest BCUT2D eigenvalue weighted by Crippen LogP contribution is 2.42. The molecule has 0 saturated carbocycles. The zero-order valence-corrected chi connectivity index (χ0v) is 15.8. The van der Waals surface area contributed by atoms with Crippen molar-refractivity contribution in [2.24, 2.45) is 17.6 Å². The molecule has 5 rings (SSSR count). The molecule has 3 aliphatic heterocycles. The molecule has 0 radical (unpaired) electrons. The molecule has 3 fully saturated rings. The molecule has 0 spiro atoms. The molecule has 0 amide bonds. The fourth-order valence-electron chi connectivity index (χ4n) is 4.79. The second-order valence-corrected chi connectivity index (χ2v) is 7.32. The Morgan fingerprint density at radius 2 is 2.20 bits per heavy atom. The van der Waals surface area contributed by atoms with Crippen LogP contribution in [0.25, 0.3) is 10.9 Å². The van der Waals surface area contributed by atoms with Gasteiger partial charge in [0.25, 0.3) is 0 Å². The summed E-state index contributed by atoms with van der Waals surface area (Å²) in [5.74, 6) is 2.57. The lowest BCUT2D eigenvalue weighted by Crippen LogP contribution is -2.56. The fraction of sp³-hybridized carbons (Fsp3) is 0.550. The van der Waals surface area contributed by atoms with E-state index < -0.39 is 0 Å². The van der Waals surface area contributed by atoms with Gasteiger partial charge < -0.3 is 10.5 Å². The summed E-state index contributed by atoms with van der Waals surface area (Å²) in [5, 5.41) is 1.12. The van der Waals surface area contributed by atoms with Gasteiger partial charge in [-0.15, -0.1) is 12.4 Å². The van der Waals surface area contributed by atoms with Gasteiger partial charge in [0, 0.05) is 30.2 Å². The lowest BCUT2D eigenvalue weighted by Gasteiger charge is -2.51. The van der Waals surface area contributed by atoms with E-state index in [9.17, 15) is 0 Å². The molecule has 136 valence electrons. The van der Waals surface area contributed by atoms with Crippen molar-refractivity contribution in [3.05, 3.63) is 36.0 Å². The number of halogens is 1. The Bertz CT molecular complexity index is 738. The number of piperidine rings is 3. The van der Waals surface area contributed by atoms with Crippen molar-refractivity contribution in [1.29, 1.82) is 0 Å². The van der Waals surface area contributed by atoms with Crippen molar-refractivity contribution in [3.63, 3.8) is 0 Å². The number of aromatic nitrogens is 1. The second kappa shape index (κ2) is 7.48. The fourth-order valence-corrected chi connectivity index (χ4v) is 4.79. The Hall–Kier alpha value is -1.36. The van der Waals surface area contributed by atoms with Crippen molar-refractivity contribution in [3.8, 4) is 5.75 Å². The molecule has 25 heavy (non-hydrogen) atoms. The van der Waals surface area contributed by atoms with Gasteiger partial charge in [-0.3, -0.25) is 9.88 Å². The van der Waals surface area contributed by atoms with Crippen LogP contribution < -0.4 is 10.5 Å². The summed E-state index contributed by atoms with van der Waals surface area (Å²) < 4.78 is 5.40. The number of pyridine rings is 1. The third-order valence-electron chi connectivity index (χ3n) is 6.22. The normalized spacial score (nSPS) is 29.2. The van der Waals surface area contributed by atoms with E-state index in [1.54, 1.807) is 7.11 Å². The molecule has 4 heterocycles. The van der Waals surface area contributed by atoms with Gasteiger partial charge in [0.1, 0.15) is 5.75 Å². The highest BCUT2D eigenvalue weighted by Gasteiger charge is 2.41. The van der Waals surface area contributed by atoms with Gasteiger partial charge in [-0.2, -0.15) is 0 Å². The van der Waals surface area contributed by atoms with Crippen molar-refractivity contribution in [2.45, 2.75) is 38.3 Å². The molecule has 5 heteroatoms. The summed E-state index contributed by atoms with van der Waals surface area (Å²) in [6.45, 7) is 4.74. The van der Waals surface area contributed by atoms with Crippen molar-refractivity contribution in [2.75, 3.05) is 20.2 Å². The first-order valence-corrected chi connectivity index (χ1v) is 9.13. The average molecular weight is 362 g/mol. The van der Waals surface area contributed by atoms with E-state index in [1.165, 1.54) is 37.9 Å². The topological polar surface area (TPSA) is 51.4 Å². The molecule has 1 aromatic carbocycles. The van der Waals surface area contributed by atoms with Gasteiger partial charge in [0.15, 0.2) is 0 Å². The van der Waals surface area contributed by atoms with Crippen LogP contribution in [0.2, 0.25) is 0 Å². The SMILES string of the molecule is CCC1CN2CCC1CC2C(N)c1ccnc2ccc(OC)cc12.Cl. The van der Waals surface area contributed by atoms with Crippen LogP contribution in [0.4, 0.5) is 0 Å². The number of hydrogen-bond acceptors (Lipinski definition) is 4. The van der Waals surface area contributed by atoms with Crippen molar-refractivity contribution >= 4 is 23.3 Å². The van der Waals surface area contributed by atoms with Gasteiger partial charge >= 0.3 is 0 Å². The Balaban J connectivity index is 0.00000182. The Kier molecular flexibility index (Phi) is 5.52. The summed E-state index contributed by atoms with van der Waals surface area (Å²) >= 11 is 0. The largest absolute Gasteiger partial charge is 0.497 e. The number of methoxy groups -OCH3 is 1. The number of fused-ring (bicyclic) bond motifs is 4. The molecule has 3 aliphatic rings. The van der Waals surface area contributed by atoms with E-state index in [0.717, 1.165) is 28.5 Å². The number of benzene rings is 1. The minimum Gasteiger partial charge on any atom is -0.497 e. The lowest BCUT2D eigenvalue weighted by atomic mass is 9.72. The minimum atomic E-state index is 0. The lowest BCUT2D eigenvalue weighted by molar-refractivity contribution is -0.0105. The van der Waals surface area contributed by atoms with Crippen molar-refractivity contribution in [1.82, 2.24) is 9.88 Å². The van der Waals surface area contributed by atoms with Gasteiger partial charge in [-0.1, -0.05) is 13.3 Å². The summed E-state index contributed by atoms with van der Waals surface area (Å²) in [5.41, 5.74) is 8.98. The first-order chi connectivity index (χ1) is 11.7. The first kappa shape index (κ1) is 18.4. The summed E-state index contributed by atoms with van der Waals surface area (Å²) in [6.07, 6.45) is 5.74. The van der Waals surface area contributed by atoms with Crippen molar-refractivity contribution < 1.29 is 4.74 Å². The van der Waals surface area contributed by atoms with Crippen LogP contribution in [-0.4, -0.2) is 36.1 Å². The summed E-state index contributed by atoms with van der Waals surface area (Å²) in [6, 6.07) is 8.62. The van der Waals surface area contributed by atoms with Crippen LogP contribution in [0.3, 0.4) is 0 Å². The third-order valence-corrected chi connectivity index (χ3v) is 6.22. The Labute approximate surface area is 156 Å². The van der Waals surface area contributed by atoms with Crippen LogP contribution in [0.5, 0.6) is 5.75 Å². The predicted molar refractivity (Wildman–Crippen MR) is 104 cm³/mol. The molecular weight excluding hydrogens is 334 g/mol. The summed E-state index contributed by atoms with van der Waals surface area (Å²) in [7, 11) is 1.70. The maximum atomic E-state index is 6.79. The van der Waals surface area contributed by atoms with Crippen LogP contribution in [0.1, 0.15) is 37.8 Å². The maximum absolute atomic E-state index is 6.79. The van der Waals surface area contributed by atoms with E-state index >= 15 is 0 Å². The molecule has 2 aromatic rings. The van der Waals surface area contributed by atoms with Gasteiger partial charge in [0.2, 0.25) is 0 Å². The van der Waals surface area contributed by atoms with Gasteiger partial charge in [-0.05, 0) is 61.1 Å². The zero-order chi connectivity index (χ0) is 16.7.